The minimum atomic E-state index is -0.411. The zero-order chi connectivity index (χ0) is 13.3. The van der Waals surface area contributed by atoms with Gasteiger partial charge in [0.2, 0.25) is 0 Å². The maximum Gasteiger partial charge on any atom is 0.123 e. The number of hydrogen-bond donors (Lipinski definition) is 3. The largest absolute Gasteiger partial charge is 0.508 e. The SMILES string of the molecule is CC(C)(c1ccc(O)cc1)c1ccc(O)cc1O. The van der Waals surface area contributed by atoms with Gasteiger partial charge < -0.3 is 15.3 Å². The fourth-order valence-electron chi connectivity index (χ4n) is 2.08. The summed E-state index contributed by atoms with van der Waals surface area (Å²) in [5, 5.41) is 28.6. The molecule has 0 amide bonds. The highest BCUT2D eigenvalue weighted by atomic mass is 16.3. The van der Waals surface area contributed by atoms with E-state index in [1.807, 2.05) is 26.0 Å². The van der Waals surface area contributed by atoms with Crippen molar-refractivity contribution in [2.24, 2.45) is 0 Å². The van der Waals surface area contributed by atoms with Crippen molar-refractivity contribution in [1.82, 2.24) is 0 Å². The molecule has 0 unspecified atom stereocenters. The van der Waals surface area contributed by atoms with Gasteiger partial charge in [0.25, 0.3) is 0 Å². The Morgan fingerprint density at radius 2 is 1.33 bits per heavy atom. The van der Waals surface area contributed by atoms with E-state index in [1.165, 1.54) is 6.07 Å². The van der Waals surface area contributed by atoms with E-state index in [4.69, 9.17) is 0 Å². The molecule has 0 heterocycles. The average Bonchev–Trinajstić information content (AvgIpc) is 2.29. The summed E-state index contributed by atoms with van der Waals surface area (Å²) >= 11 is 0. The van der Waals surface area contributed by atoms with Gasteiger partial charge in [-0.3, -0.25) is 0 Å². The van der Waals surface area contributed by atoms with Crippen molar-refractivity contribution in [3.8, 4) is 17.2 Å². The highest BCUT2D eigenvalue weighted by Gasteiger charge is 2.26. The van der Waals surface area contributed by atoms with Crippen LogP contribution in [0.1, 0.15) is 25.0 Å². The number of phenolic OH excluding ortho intramolecular Hbond substituents is 3. The van der Waals surface area contributed by atoms with Crippen LogP contribution in [0.5, 0.6) is 17.2 Å². The Balaban J connectivity index is 2.50. The van der Waals surface area contributed by atoms with E-state index in [0.29, 0.717) is 0 Å². The first kappa shape index (κ1) is 12.3. The summed E-state index contributed by atoms with van der Waals surface area (Å²) in [5.41, 5.74) is 1.29. The summed E-state index contributed by atoms with van der Waals surface area (Å²) in [4.78, 5) is 0. The average molecular weight is 244 g/mol. The van der Waals surface area contributed by atoms with Gasteiger partial charge in [-0.1, -0.05) is 32.0 Å². The fourth-order valence-corrected chi connectivity index (χ4v) is 2.08. The van der Waals surface area contributed by atoms with E-state index < -0.39 is 5.41 Å². The van der Waals surface area contributed by atoms with Crippen LogP contribution in [-0.4, -0.2) is 15.3 Å². The number of aromatic hydroxyl groups is 3. The molecule has 2 aromatic rings. The van der Waals surface area contributed by atoms with Crippen LogP contribution in [0.2, 0.25) is 0 Å². The second kappa shape index (κ2) is 4.26. The first-order valence-corrected chi connectivity index (χ1v) is 5.73. The monoisotopic (exact) mass is 244 g/mol. The highest BCUT2D eigenvalue weighted by molar-refractivity contribution is 5.48. The molecule has 3 heteroatoms. The van der Waals surface area contributed by atoms with Crippen LogP contribution in [0.15, 0.2) is 42.5 Å². The summed E-state index contributed by atoms with van der Waals surface area (Å²) < 4.78 is 0. The Morgan fingerprint density at radius 3 is 1.89 bits per heavy atom. The molecule has 0 spiro atoms. The molecule has 3 N–H and O–H groups in total. The molecule has 3 nitrogen and oxygen atoms in total. The van der Waals surface area contributed by atoms with E-state index >= 15 is 0 Å². The third-order valence-electron chi connectivity index (χ3n) is 3.24. The number of hydrogen-bond acceptors (Lipinski definition) is 3. The van der Waals surface area contributed by atoms with Gasteiger partial charge in [-0.05, 0) is 23.8 Å². The maximum atomic E-state index is 9.93. The molecular weight excluding hydrogens is 228 g/mol. The molecule has 0 saturated carbocycles. The van der Waals surface area contributed by atoms with Crippen molar-refractivity contribution in [3.05, 3.63) is 53.6 Å². The lowest BCUT2D eigenvalue weighted by Gasteiger charge is -2.27. The molecule has 94 valence electrons. The standard InChI is InChI=1S/C15H16O3/c1-15(2,10-3-5-11(16)6-4-10)13-8-7-12(17)9-14(13)18/h3-9,16-18H,1-2H3. The van der Waals surface area contributed by atoms with Gasteiger partial charge in [0, 0.05) is 17.0 Å². The van der Waals surface area contributed by atoms with Crippen molar-refractivity contribution in [1.29, 1.82) is 0 Å². The maximum absolute atomic E-state index is 9.93. The molecule has 0 bridgehead atoms. The van der Waals surface area contributed by atoms with E-state index in [9.17, 15) is 15.3 Å². The van der Waals surface area contributed by atoms with Crippen molar-refractivity contribution in [2.75, 3.05) is 0 Å². The number of benzene rings is 2. The summed E-state index contributed by atoms with van der Waals surface area (Å²) in [5.74, 6) is 0.315. The van der Waals surface area contributed by atoms with Gasteiger partial charge in [-0.15, -0.1) is 0 Å². The minimum Gasteiger partial charge on any atom is -0.508 e. The van der Waals surface area contributed by atoms with Gasteiger partial charge in [-0.25, -0.2) is 0 Å². The Morgan fingerprint density at radius 1 is 0.778 bits per heavy atom. The lowest BCUT2D eigenvalue weighted by molar-refractivity contribution is 0.436. The van der Waals surface area contributed by atoms with E-state index in [-0.39, 0.29) is 17.2 Å². The van der Waals surface area contributed by atoms with Crippen molar-refractivity contribution in [2.45, 2.75) is 19.3 Å². The van der Waals surface area contributed by atoms with Crippen LogP contribution in [0, 0.1) is 0 Å². The Labute approximate surface area is 106 Å². The fraction of sp³-hybridized carbons (Fsp3) is 0.200. The van der Waals surface area contributed by atoms with Crippen LogP contribution in [0.3, 0.4) is 0 Å². The molecule has 0 aliphatic rings. The molecule has 0 aliphatic carbocycles. The van der Waals surface area contributed by atoms with Crippen molar-refractivity contribution >= 4 is 0 Å². The molecular formula is C15H16O3. The lowest BCUT2D eigenvalue weighted by Crippen LogP contribution is -2.18. The third-order valence-corrected chi connectivity index (χ3v) is 3.24. The zero-order valence-corrected chi connectivity index (χ0v) is 10.4. The van der Waals surface area contributed by atoms with Crippen molar-refractivity contribution < 1.29 is 15.3 Å². The van der Waals surface area contributed by atoms with Gasteiger partial charge in [0.1, 0.15) is 17.2 Å². The predicted molar refractivity (Wildman–Crippen MR) is 70.0 cm³/mol. The molecule has 0 atom stereocenters. The second-order valence-corrected chi connectivity index (χ2v) is 4.87. The first-order chi connectivity index (χ1) is 8.41. The predicted octanol–water partition coefficient (Wildman–Crippen LogP) is 3.13. The summed E-state index contributed by atoms with van der Waals surface area (Å²) in [6, 6.07) is 11.5. The van der Waals surface area contributed by atoms with E-state index in [1.54, 1.807) is 24.3 Å². The molecule has 0 aliphatic heterocycles. The quantitative estimate of drug-likeness (QED) is 0.760. The Hall–Kier alpha value is -2.16. The summed E-state index contributed by atoms with van der Waals surface area (Å²) in [7, 11) is 0. The van der Waals surface area contributed by atoms with Gasteiger partial charge in [-0.2, -0.15) is 0 Å². The second-order valence-electron chi connectivity index (χ2n) is 4.87. The molecule has 0 fully saturated rings. The molecule has 2 aromatic carbocycles. The Kier molecular flexibility index (Phi) is 2.91. The molecule has 0 saturated heterocycles. The topological polar surface area (TPSA) is 60.7 Å². The third kappa shape index (κ3) is 2.12. The normalized spacial score (nSPS) is 11.4. The van der Waals surface area contributed by atoms with Crippen LogP contribution in [0.4, 0.5) is 0 Å². The Bertz CT molecular complexity index is 556. The van der Waals surface area contributed by atoms with Crippen LogP contribution >= 0.6 is 0 Å². The smallest absolute Gasteiger partial charge is 0.123 e. The number of phenols is 3. The highest BCUT2D eigenvalue weighted by Crippen LogP contribution is 2.38. The summed E-state index contributed by atoms with van der Waals surface area (Å²) in [6.45, 7) is 3.96. The van der Waals surface area contributed by atoms with Crippen LogP contribution < -0.4 is 0 Å². The molecule has 0 radical (unpaired) electrons. The van der Waals surface area contributed by atoms with Gasteiger partial charge in [0.05, 0.1) is 0 Å². The lowest BCUT2D eigenvalue weighted by atomic mass is 9.77. The minimum absolute atomic E-state index is 0.0396. The zero-order valence-electron chi connectivity index (χ0n) is 10.4. The molecule has 18 heavy (non-hydrogen) atoms. The van der Waals surface area contributed by atoms with E-state index in [2.05, 4.69) is 0 Å². The van der Waals surface area contributed by atoms with Crippen LogP contribution in [0.25, 0.3) is 0 Å². The molecule has 0 aromatic heterocycles. The summed E-state index contributed by atoms with van der Waals surface area (Å²) in [6.07, 6.45) is 0. The molecule has 2 rings (SSSR count). The first-order valence-electron chi connectivity index (χ1n) is 5.73. The van der Waals surface area contributed by atoms with Gasteiger partial charge in [0.15, 0.2) is 0 Å². The van der Waals surface area contributed by atoms with Gasteiger partial charge >= 0.3 is 0 Å². The van der Waals surface area contributed by atoms with E-state index in [0.717, 1.165) is 11.1 Å². The number of rotatable bonds is 2. The van der Waals surface area contributed by atoms with Crippen molar-refractivity contribution in [3.63, 3.8) is 0 Å². The van der Waals surface area contributed by atoms with Crippen LogP contribution in [-0.2, 0) is 5.41 Å².